The van der Waals surface area contributed by atoms with E-state index in [1.807, 2.05) is 18.3 Å². The monoisotopic (exact) mass is 342 g/mol. The summed E-state index contributed by atoms with van der Waals surface area (Å²) in [6.07, 6.45) is 4.57. The fourth-order valence-electron chi connectivity index (χ4n) is 2.24. The SMILES string of the molecule is CC(C)(C)[Si](C)(C)OCCCc1nccc(Cc2ccccc2)n1. The molecule has 0 N–H and O–H groups in total. The number of nitrogens with zero attached hydrogens (tertiary/aromatic N) is 2. The Bertz CT molecular complexity index is 636. The third-order valence-corrected chi connectivity index (χ3v) is 9.34. The van der Waals surface area contributed by atoms with Crippen LogP contribution in [-0.2, 0) is 17.3 Å². The molecule has 1 aromatic heterocycles. The number of hydrogen-bond donors (Lipinski definition) is 0. The molecule has 0 spiro atoms. The van der Waals surface area contributed by atoms with Crippen LogP contribution in [0, 0.1) is 0 Å². The zero-order valence-electron chi connectivity index (χ0n) is 15.7. The summed E-state index contributed by atoms with van der Waals surface area (Å²) in [4.78, 5) is 9.10. The Hall–Kier alpha value is -1.52. The minimum Gasteiger partial charge on any atom is -0.417 e. The minimum absolute atomic E-state index is 0.263. The molecule has 0 fully saturated rings. The van der Waals surface area contributed by atoms with E-state index in [1.165, 1.54) is 5.56 Å². The van der Waals surface area contributed by atoms with Crippen LogP contribution in [0.15, 0.2) is 42.6 Å². The molecule has 24 heavy (non-hydrogen) atoms. The van der Waals surface area contributed by atoms with Crippen molar-refractivity contribution in [1.29, 1.82) is 0 Å². The maximum atomic E-state index is 6.22. The van der Waals surface area contributed by atoms with E-state index < -0.39 is 8.32 Å². The Labute approximate surface area is 147 Å². The minimum atomic E-state index is -1.65. The highest BCUT2D eigenvalue weighted by molar-refractivity contribution is 6.74. The van der Waals surface area contributed by atoms with Crippen molar-refractivity contribution < 1.29 is 4.43 Å². The van der Waals surface area contributed by atoms with Gasteiger partial charge in [0.15, 0.2) is 8.32 Å². The molecule has 0 bridgehead atoms. The predicted octanol–water partition coefficient (Wildman–Crippen LogP) is 5.02. The van der Waals surface area contributed by atoms with Crippen molar-refractivity contribution in [3.05, 3.63) is 59.7 Å². The van der Waals surface area contributed by atoms with Gasteiger partial charge in [-0.15, -0.1) is 0 Å². The Kier molecular flexibility index (Phi) is 6.30. The molecule has 0 amide bonds. The molecule has 0 unspecified atom stereocenters. The lowest BCUT2D eigenvalue weighted by atomic mass is 10.1. The average molecular weight is 343 g/mol. The third-order valence-electron chi connectivity index (χ3n) is 4.81. The molecule has 4 heteroatoms. The molecule has 1 heterocycles. The molecule has 2 aromatic rings. The fraction of sp³-hybridized carbons (Fsp3) is 0.500. The van der Waals surface area contributed by atoms with Crippen molar-refractivity contribution in [2.45, 2.75) is 58.2 Å². The van der Waals surface area contributed by atoms with Crippen LogP contribution in [0.3, 0.4) is 0 Å². The van der Waals surface area contributed by atoms with E-state index in [4.69, 9.17) is 9.41 Å². The van der Waals surface area contributed by atoms with Crippen molar-refractivity contribution in [1.82, 2.24) is 9.97 Å². The summed E-state index contributed by atoms with van der Waals surface area (Å²) in [7, 11) is -1.65. The summed E-state index contributed by atoms with van der Waals surface area (Å²) in [6, 6.07) is 12.4. The molecule has 0 atom stereocenters. The second kappa shape index (κ2) is 8.04. The van der Waals surface area contributed by atoms with Gasteiger partial charge in [-0.05, 0) is 36.2 Å². The van der Waals surface area contributed by atoms with E-state index in [-0.39, 0.29) is 5.04 Å². The molecule has 1 aromatic carbocycles. The summed E-state index contributed by atoms with van der Waals surface area (Å²) in [5, 5.41) is 0.263. The van der Waals surface area contributed by atoms with E-state index in [9.17, 15) is 0 Å². The van der Waals surface area contributed by atoms with Crippen LogP contribution in [-0.4, -0.2) is 24.9 Å². The van der Waals surface area contributed by atoms with Gasteiger partial charge in [0.1, 0.15) is 5.82 Å². The summed E-state index contributed by atoms with van der Waals surface area (Å²) in [5.41, 5.74) is 2.36. The average Bonchev–Trinajstić information content (AvgIpc) is 2.52. The Morgan fingerprint density at radius 2 is 1.75 bits per heavy atom. The van der Waals surface area contributed by atoms with Gasteiger partial charge < -0.3 is 4.43 Å². The smallest absolute Gasteiger partial charge is 0.191 e. The van der Waals surface area contributed by atoms with Gasteiger partial charge in [-0.3, -0.25) is 0 Å². The molecule has 0 aliphatic heterocycles. The summed E-state index contributed by atoms with van der Waals surface area (Å²) < 4.78 is 6.22. The molecule has 3 nitrogen and oxygen atoms in total. The number of benzene rings is 1. The summed E-state index contributed by atoms with van der Waals surface area (Å²) in [6.45, 7) is 12.2. The van der Waals surface area contributed by atoms with Gasteiger partial charge in [-0.1, -0.05) is 51.1 Å². The molecular weight excluding hydrogens is 312 g/mol. The highest BCUT2D eigenvalue weighted by Gasteiger charge is 2.36. The predicted molar refractivity (Wildman–Crippen MR) is 103 cm³/mol. The van der Waals surface area contributed by atoms with Crippen LogP contribution < -0.4 is 0 Å². The highest BCUT2D eigenvalue weighted by Crippen LogP contribution is 2.36. The fourth-order valence-corrected chi connectivity index (χ4v) is 3.33. The van der Waals surface area contributed by atoms with E-state index >= 15 is 0 Å². The van der Waals surface area contributed by atoms with Crippen LogP contribution in [0.4, 0.5) is 0 Å². The molecular formula is C20H30N2OSi. The quantitative estimate of drug-likeness (QED) is 0.523. The van der Waals surface area contributed by atoms with Crippen molar-refractivity contribution in [2.24, 2.45) is 0 Å². The normalized spacial score (nSPS) is 12.4. The zero-order valence-corrected chi connectivity index (χ0v) is 16.7. The number of aryl methyl sites for hydroxylation is 1. The number of aromatic nitrogens is 2. The summed E-state index contributed by atoms with van der Waals surface area (Å²) in [5.74, 6) is 0.919. The summed E-state index contributed by atoms with van der Waals surface area (Å²) >= 11 is 0. The standard InChI is InChI=1S/C20H30N2OSi/c1-20(2,3)24(4,5)23-15-9-12-19-21-14-13-18(22-19)16-17-10-7-6-8-11-17/h6-8,10-11,13-14H,9,12,15-16H2,1-5H3. The maximum Gasteiger partial charge on any atom is 0.191 e. The van der Waals surface area contributed by atoms with Crippen LogP contribution >= 0.6 is 0 Å². The maximum absolute atomic E-state index is 6.22. The third kappa shape index (κ3) is 5.53. The van der Waals surface area contributed by atoms with Gasteiger partial charge in [-0.2, -0.15) is 0 Å². The second-order valence-electron chi connectivity index (χ2n) is 7.84. The first-order valence-electron chi connectivity index (χ1n) is 8.77. The first kappa shape index (κ1) is 18.8. The molecule has 130 valence electrons. The van der Waals surface area contributed by atoms with Crippen molar-refractivity contribution in [3.63, 3.8) is 0 Å². The molecule has 0 aliphatic carbocycles. The van der Waals surface area contributed by atoms with Crippen LogP contribution in [0.25, 0.3) is 0 Å². The van der Waals surface area contributed by atoms with Crippen LogP contribution in [0.5, 0.6) is 0 Å². The van der Waals surface area contributed by atoms with E-state index in [1.54, 1.807) is 0 Å². The molecule has 0 radical (unpaired) electrons. The van der Waals surface area contributed by atoms with Crippen LogP contribution in [0.2, 0.25) is 18.1 Å². The van der Waals surface area contributed by atoms with Gasteiger partial charge in [0.25, 0.3) is 0 Å². The lowest BCUT2D eigenvalue weighted by Gasteiger charge is -2.36. The molecule has 0 saturated heterocycles. The molecule has 0 saturated carbocycles. The molecule has 0 aliphatic rings. The molecule has 2 rings (SSSR count). The lowest BCUT2D eigenvalue weighted by molar-refractivity contribution is 0.281. The van der Waals surface area contributed by atoms with Crippen molar-refractivity contribution >= 4 is 8.32 Å². The zero-order chi connectivity index (χ0) is 17.6. The van der Waals surface area contributed by atoms with Crippen molar-refractivity contribution in [2.75, 3.05) is 6.61 Å². The van der Waals surface area contributed by atoms with Gasteiger partial charge in [-0.25, -0.2) is 9.97 Å². The second-order valence-corrected chi connectivity index (χ2v) is 12.6. The van der Waals surface area contributed by atoms with Gasteiger partial charge in [0.05, 0.1) is 0 Å². The Morgan fingerprint density at radius 3 is 2.42 bits per heavy atom. The Morgan fingerprint density at radius 1 is 1.04 bits per heavy atom. The van der Waals surface area contributed by atoms with Crippen LogP contribution in [0.1, 0.15) is 44.3 Å². The number of hydrogen-bond acceptors (Lipinski definition) is 3. The lowest BCUT2D eigenvalue weighted by Crippen LogP contribution is -2.41. The first-order valence-corrected chi connectivity index (χ1v) is 11.7. The van der Waals surface area contributed by atoms with E-state index in [0.29, 0.717) is 0 Å². The topological polar surface area (TPSA) is 35.0 Å². The van der Waals surface area contributed by atoms with Crippen molar-refractivity contribution in [3.8, 4) is 0 Å². The van der Waals surface area contributed by atoms with Gasteiger partial charge in [0.2, 0.25) is 0 Å². The highest BCUT2D eigenvalue weighted by atomic mass is 28.4. The largest absolute Gasteiger partial charge is 0.417 e. The van der Waals surface area contributed by atoms with E-state index in [2.05, 4.69) is 63.1 Å². The number of rotatable bonds is 7. The van der Waals surface area contributed by atoms with Gasteiger partial charge >= 0.3 is 0 Å². The van der Waals surface area contributed by atoms with E-state index in [0.717, 1.165) is 37.4 Å². The van der Waals surface area contributed by atoms with Gasteiger partial charge in [0, 0.05) is 31.3 Å². The first-order chi connectivity index (χ1) is 11.3. The Balaban J connectivity index is 1.85.